The van der Waals surface area contributed by atoms with E-state index in [2.05, 4.69) is 56.9 Å². The van der Waals surface area contributed by atoms with Gasteiger partial charge in [0.15, 0.2) is 0 Å². The van der Waals surface area contributed by atoms with Crippen molar-refractivity contribution in [2.24, 2.45) is 0 Å². The van der Waals surface area contributed by atoms with Crippen molar-refractivity contribution in [3.63, 3.8) is 0 Å². The molecular weight excluding hydrogens is 362 g/mol. The third-order valence-corrected chi connectivity index (χ3v) is 5.67. The molecule has 3 aromatic rings. The van der Waals surface area contributed by atoms with Crippen LogP contribution in [0.15, 0.2) is 54.6 Å². The molecule has 1 saturated carbocycles. The molecule has 4 rings (SSSR count). The summed E-state index contributed by atoms with van der Waals surface area (Å²) in [5.41, 5.74) is 9.67. The molecule has 0 bridgehead atoms. The Labute approximate surface area is 164 Å². The van der Waals surface area contributed by atoms with Crippen LogP contribution in [-0.4, -0.2) is 11.4 Å². The Morgan fingerprint density at radius 1 is 0.962 bits per heavy atom. The van der Waals surface area contributed by atoms with E-state index in [9.17, 15) is 0 Å². The van der Waals surface area contributed by atoms with Gasteiger partial charge in [-0.2, -0.15) is 0 Å². The third-order valence-electron chi connectivity index (χ3n) is 4.83. The van der Waals surface area contributed by atoms with Crippen LogP contribution in [-0.2, 0) is 0 Å². The van der Waals surface area contributed by atoms with Crippen LogP contribution in [0.5, 0.6) is 0 Å². The minimum atomic E-state index is 0.588. The standard InChI is InChI=1S/C20H21N3S.CH3Cl/c21-20-22-19(17-9-5-2-6-10-17)23(24-20)18-13-11-16(12-14-18)15-7-3-1-4-8-15;1-2/h2,5-6,9-15,21H,1,3-4,7-8H2;1H3/p+1. The highest BCUT2D eigenvalue weighted by Gasteiger charge is 2.23. The topological polar surface area (TPSA) is 42.8 Å². The molecule has 1 fully saturated rings. The van der Waals surface area contributed by atoms with Gasteiger partial charge in [-0.3, -0.25) is 0 Å². The number of halogens is 1. The van der Waals surface area contributed by atoms with Crippen LogP contribution in [0, 0.1) is 0 Å². The fourth-order valence-corrected chi connectivity index (χ4v) is 4.34. The zero-order valence-electron chi connectivity index (χ0n) is 15.1. The Balaban J connectivity index is 0.000000948. The summed E-state index contributed by atoms with van der Waals surface area (Å²) in [6.07, 6.45) is 8.25. The lowest BCUT2D eigenvalue weighted by Crippen LogP contribution is -2.28. The number of alkyl halides is 1. The van der Waals surface area contributed by atoms with Gasteiger partial charge in [-0.05, 0) is 53.6 Å². The molecule has 1 aromatic heterocycles. The summed E-state index contributed by atoms with van der Waals surface area (Å²) in [5, 5.41) is 0.588. The molecule has 1 heterocycles. The fourth-order valence-electron chi connectivity index (χ4n) is 3.57. The maximum Gasteiger partial charge on any atom is 0.350 e. The summed E-state index contributed by atoms with van der Waals surface area (Å²) in [6.45, 7) is 0. The SMILES string of the molecule is CCl.Nc1nc(-c2ccccc2)[n+](-c2ccc(C3CCCCC3)cc2)s1. The molecule has 5 heteroatoms. The number of hydrogen-bond donors (Lipinski definition) is 1. The van der Waals surface area contributed by atoms with Gasteiger partial charge in [-0.1, -0.05) is 49.6 Å². The Hall–Kier alpha value is -1.91. The Morgan fingerprint density at radius 3 is 2.27 bits per heavy atom. The van der Waals surface area contributed by atoms with E-state index in [-0.39, 0.29) is 0 Å². The maximum atomic E-state index is 5.99. The summed E-state index contributed by atoms with van der Waals surface area (Å²) in [7, 11) is 0. The van der Waals surface area contributed by atoms with Crippen molar-refractivity contribution in [3.05, 3.63) is 60.2 Å². The van der Waals surface area contributed by atoms with Crippen LogP contribution in [0.2, 0.25) is 0 Å². The summed E-state index contributed by atoms with van der Waals surface area (Å²) >= 11 is 6.13. The van der Waals surface area contributed by atoms with Gasteiger partial charge < -0.3 is 5.73 Å². The average Bonchev–Trinajstić information content (AvgIpc) is 3.13. The Morgan fingerprint density at radius 2 is 1.62 bits per heavy atom. The lowest BCUT2D eigenvalue weighted by atomic mass is 9.84. The second kappa shape index (κ2) is 9.15. The van der Waals surface area contributed by atoms with E-state index in [0.29, 0.717) is 5.13 Å². The molecule has 2 N–H and O–H groups in total. The van der Waals surface area contributed by atoms with Crippen molar-refractivity contribution in [1.29, 1.82) is 0 Å². The molecule has 3 nitrogen and oxygen atoms in total. The van der Waals surface area contributed by atoms with Crippen LogP contribution in [0.25, 0.3) is 17.1 Å². The van der Waals surface area contributed by atoms with Crippen molar-refractivity contribution in [2.45, 2.75) is 38.0 Å². The molecule has 2 aromatic carbocycles. The molecule has 1 aliphatic rings. The number of benzene rings is 2. The monoisotopic (exact) mass is 386 g/mol. The van der Waals surface area contributed by atoms with E-state index in [1.54, 1.807) is 0 Å². The summed E-state index contributed by atoms with van der Waals surface area (Å²) in [6, 6.07) is 19.2. The first-order chi connectivity index (χ1) is 12.8. The minimum absolute atomic E-state index is 0.588. The zero-order chi connectivity index (χ0) is 18.4. The second-order valence-corrected chi connectivity index (χ2v) is 7.42. The quantitative estimate of drug-likeness (QED) is 0.472. The highest BCUT2D eigenvalue weighted by molar-refractivity contribution is 7.05. The van der Waals surface area contributed by atoms with E-state index in [0.717, 1.165) is 23.0 Å². The van der Waals surface area contributed by atoms with Gasteiger partial charge in [-0.15, -0.1) is 15.6 Å². The van der Waals surface area contributed by atoms with E-state index in [1.807, 2.05) is 18.2 Å². The number of rotatable bonds is 3. The van der Waals surface area contributed by atoms with Crippen LogP contribution in [0.1, 0.15) is 43.6 Å². The van der Waals surface area contributed by atoms with E-state index in [4.69, 9.17) is 5.73 Å². The van der Waals surface area contributed by atoms with Crippen molar-refractivity contribution in [2.75, 3.05) is 12.1 Å². The molecule has 0 aliphatic heterocycles. The zero-order valence-corrected chi connectivity index (χ0v) is 16.6. The third kappa shape index (κ3) is 4.25. The molecule has 26 heavy (non-hydrogen) atoms. The van der Waals surface area contributed by atoms with Crippen molar-refractivity contribution >= 4 is 28.3 Å². The summed E-state index contributed by atoms with van der Waals surface area (Å²) in [5.74, 6) is 1.64. The lowest BCUT2D eigenvalue weighted by molar-refractivity contribution is -0.509. The largest absolute Gasteiger partial charge is 0.351 e. The predicted molar refractivity (Wildman–Crippen MR) is 111 cm³/mol. The van der Waals surface area contributed by atoms with Gasteiger partial charge in [0.05, 0.1) is 5.56 Å². The van der Waals surface area contributed by atoms with Crippen LogP contribution in [0.4, 0.5) is 5.13 Å². The minimum Gasteiger partial charge on any atom is -0.351 e. The second-order valence-electron chi connectivity index (χ2n) is 6.45. The van der Waals surface area contributed by atoms with E-state index in [1.165, 1.54) is 55.6 Å². The van der Waals surface area contributed by atoms with Crippen LogP contribution >= 0.6 is 23.1 Å². The summed E-state index contributed by atoms with van der Waals surface area (Å²) < 4.78 is 2.12. The van der Waals surface area contributed by atoms with E-state index < -0.39 is 0 Å². The molecule has 0 atom stereocenters. The highest BCUT2D eigenvalue weighted by atomic mass is 35.5. The maximum absolute atomic E-state index is 5.99. The molecule has 0 spiro atoms. The molecular formula is C21H25ClN3S+. The smallest absolute Gasteiger partial charge is 0.350 e. The van der Waals surface area contributed by atoms with Gasteiger partial charge in [-0.25, -0.2) is 0 Å². The first kappa shape index (κ1) is 18.9. The van der Waals surface area contributed by atoms with Gasteiger partial charge >= 0.3 is 11.0 Å². The molecule has 1 aliphatic carbocycles. The average molecular weight is 387 g/mol. The molecule has 136 valence electrons. The van der Waals surface area contributed by atoms with Crippen LogP contribution in [0.3, 0.4) is 0 Å². The van der Waals surface area contributed by atoms with Gasteiger partial charge in [0, 0.05) is 6.38 Å². The van der Waals surface area contributed by atoms with Crippen LogP contribution < -0.4 is 9.69 Å². The molecule has 0 unspecified atom stereocenters. The Bertz CT molecular complexity index is 809. The fraction of sp³-hybridized carbons (Fsp3) is 0.333. The molecule has 0 saturated heterocycles. The first-order valence-electron chi connectivity index (χ1n) is 9.03. The number of nitrogens with zero attached hydrogens (tertiary/aromatic N) is 2. The Kier molecular flexibility index (Phi) is 6.64. The lowest BCUT2D eigenvalue weighted by Gasteiger charge is -2.21. The van der Waals surface area contributed by atoms with Gasteiger partial charge in [0.2, 0.25) is 0 Å². The number of hydrogen-bond acceptors (Lipinski definition) is 3. The van der Waals surface area contributed by atoms with Crippen molar-refractivity contribution in [3.8, 4) is 17.1 Å². The summed E-state index contributed by atoms with van der Waals surface area (Å²) in [4.78, 5) is 4.53. The van der Waals surface area contributed by atoms with Crippen molar-refractivity contribution in [1.82, 2.24) is 4.98 Å². The number of anilines is 1. The number of nitrogens with two attached hydrogens (primary N) is 1. The molecule has 0 radical (unpaired) electrons. The van der Waals surface area contributed by atoms with Gasteiger partial charge in [0.1, 0.15) is 17.2 Å². The number of nitrogen functional groups attached to an aromatic ring is 1. The highest BCUT2D eigenvalue weighted by Crippen LogP contribution is 2.32. The van der Waals surface area contributed by atoms with Crippen molar-refractivity contribution < 1.29 is 3.96 Å². The normalized spacial score (nSPS) is 14.5. The van der Waals surface area contributed by atoms with E-state index >= 15 is 0 Å². The molecule has 0 amide bonds. The first-order valence-corrected chi connectivity index (χ1v) is 10.6. The number of aromatic nitrogens is 2. The predicted octanol–water partition coefficient (Wildman–Crippen LogP) is 5.57. The van der Waals surface area contributed by atoms with Gasteiger partial charge in [0.25, 0.3) is 0 Å².